The van der Waals surface area contributed by atoms with E-state index in [2.05, 4.69) is 0 Å². The molecule has 0 aliphatic heterocycles. The van der Waals surface area contributed by atoms with Crippen LogP contribution in [0.5, 0.6) is 0 Å². The zero-order chi connectivity index (χ0) is 13.7. The molecule has 0 saturated heterocycles. The second-order valence-electron chi connectivity index (χ2n) is 4.34. The Morgan fingerprint density at radius 3 is 2.68 bits per heavy atom. The molecule has 1 nitrogen and oxygen atoms in total. The van der Waals surface area contributed by atoms with Crippen LogP contribution in [-0.4, -0.2) is 11.8 Å². The molecule has 100 valence electrons. The van der Waals surface area contributed by atoms with Crippen molar-refractivity contribution in [3.05, 3.63) is 64.9 Å². The molecule has 2 N–H and O–H groups in total. The minimum Gasteiger partial charge on any atom is -0.327 e. The fraction of sp³-hybridized carbons (Fsp3) is 0.200. The summed E-state index contributed by atoms with van der Waals surface area (Å²) in [6.45, 7) is 0. The molecule has 0 aromatic heterocycles. The molecule has 0 spiro atoms. The Kier molecular flexibility index (Phi) is 5.25. The summed E-state index contributed by atoms with van der Waals surface area (Å²) < 4.78 is 13.1. The van der Waals surface area contributed by atoms with Crippen LogP contribution in [0.25, 0.3) is 0 Å². The summed E-state index contributed by atoms with van der Waals surface area (Å²) in [5, 5.41) is 0.741. The maximum Gasteiger partial charge on any atom is 0.123 e. The van der Waals surface area contributed by atoms with E-state index in [1.807, 2.05) is 30.3 Å². The van der Waals surface area contributed by atoms with Crippen molar-refractivity contribution in [3.8, 4) is 0 Å². The van der Waals surface area contributed by atoms with E-state index >= 15 is 0 Å². The van der Waals surface area contributed by atoms with Crippen molar-refractivity contribution >= 4 is 23.4 Å². The molecule has 0 amide bonds. The maximum absolute atomic E-state index is 13.1. The Hall–Kier alpha value is -1.03. The molecule has 2 aromatic rings. The lowest BCUT2D eigenvalue weighted by atomic mass is 10.1. The summed E-state index contributed by atoms with van der Waals surface area (Å²) in [6, 6.07) is 14.2. The van der Waals surface area contributed by atoms with Crippen LogP contribution in [0, 0.1) is 5.82 Å². The summed E-state index contributed by atoms with van der Waals surface area (Å²) in [5.41, 5.74) is 6.99. The van der Waals surface area contributed by atoms with E-state index in [4.69, 9.17) is 17.3 Å². The van der Waals surface area contributed by atoms with Crippen LogP contribution in [0.1, 0.15) is 5.56 Å². The third-order valence-corrected chi connectivity index (χ3v) is 4.38. The Morgan fingerprint density at radius 1 is 1.16 bits per heavy atom. The molecule has 0 aliphatic rings. The highest BCUT2D eigenvalue weighted by Crippen LogP contribution is 2.27. The van der Waals surface area contributed by atoms with Gasteiger partial charge in [0, 0.05) is 16.7 Å². The van der Waals surface area contributed by atoms with E-state index in [0.717, 1.165) is 21.2 Å². The van der Waals surface area contributed by atoms with Gasteiger partial charge in [0.2, 0.25) is 0 Å². The van der Waals surface area contributed by atoms with Crippen LogP contribution in [-0.2, 0) is 6.42 Å². The lowest BCUT2D eigenvalue weighted by molar-refractivity contribution is 0.623. The number of halogens is 2. The zero-order valence-electron chi connectivity index (χ0n) is 10.4. The zero-order valence-corrected chi connectivity index (χ0v) is 11.9. The molecular formula is C15H15ClFNS. The third kappa shape index (κ3) is 4.53. The first-order chi connectivity index (χ1) is 9.15. The van der Waals surface area contributed by atoms with Crippen molar-refractivity contribution in [1.82, 2.24) is 0 Å². The lowest BCUT2D eigenvalue weighted by Crippen LogP contribution is -2.25. The second kappa shape index (κ2) is 6.94. The van der Waals surface area contributed by atoms with Gasteiger partial charge in [-0.25, -0.2) is 4.39 Å². The van der Waals surface area contributed by atoms with E-state index < -0.39 is 0 Å². The minimum atomic E-state index is -0.219. The van der Waals surface area contributed by atoms with Crippen LogP contribution >= 0.6 is 23.4 Å². The summed E-state index contributed by atoms with van der Waals surface area (Å²) in [7, 11) is 0. The largest absolute Gasteiger partial charge is 0.327 e. The maximum atomic E-state index is 13.1. The van der Waals surface area contributed by atoms with Gasteiger partial charge >= 0.3 is 0 Å². The smallest absolute Gasteiger partial charge is 0.123 e. The van der Waals surface area contributed by atoms with Gasteiger partial charge in [-0.1, -0.05) is 35.9 Å². The molecule has 1 atom stereocenters. The molecule has 0 aliphatic carbocycles. The van der Waals surface area contributed by atoms with Crippen molar-refractivity contribution < 1.29 is 4.39 Å². The summed E-state index contributed by atoms with van der Waals surface area (Å²) in [6.07, 6.45) is 0.662. The molecule has 1 unspecified atom stereocenters. The number of benzene rings is 2. The molecule has 2 aromatic carbocycles. The summed E-state index contributed by atoms with van der Waals surface area (Å²) >= 11 is 7.71. The van der Waals surface area contributed by atoms with Gasteiger partial charge in [-0.15, -0.1) is 11.8 Å². The van der Waals surface area contributed by atoms with Crippen molar-refractivity contribution in [1.29, 1.82) is 0 Å². The van der Waals surface area contributed by atoms with E-state index in [1.165, 1.54) is 12.1 Å². The van der Waals surface area contributed by atoms with E-state index in [1.54, 1.807) is 17.8 Å². The topological polar surface area (TPSA) is 26.0 Å². The molecule has 0 radical (unpaired) electrons. The first kappa shape index (κ1) is 14.4. The predicted octanol–water partition coefficient (Wildman–Crippen LogP) is 4.14. The van der Waals surface area contributed by atoms with Gasteiger partial charge in [0.25, 0.3) is 0 Å². The number of nitrogens with two attached hydrogens (primary N) is 1. The molecule has 0 fully saturated rings. The van der Waals surface area contributed by atoms with Crippen LogP contribution in [0.4, 0.5) is 4.39 Å². The average molecular weight is 296 g/mol. The van der Waals surface area contributed by atoms with Gasteiger partial charge in [-0.3, -0.25) is 0 Å². The number of hydrogen-bond donors (Lipinski definition) is 1. The molecular weight excluding hydrogens is 281 g/mol. The van der Waals surface area contributed by atoms with Crippen molar-refractivity contribution in [2.75, 3.05) is 5.75 Å². The third-order valence-electron chi connectivity index (χ3n) is 2.68. The normalized spacial score (nSPS) is 12.4. The van der Waals surface area contributed by atoms with Gasteiger partial charge in [0.05, 0.1) is 5.02 Å². The summed E-state index contributed by atoms with van der Waals surface area (Å²) in [4.78, 5) is 1.03. The van der Waals surface area contributed by atoms with Crippen molar-refractivity contribution in [2.45, 2.75) is 17.4 Å². The molecule has 19 heavy (non-hydrogen) atoms. The standard InChI is InChI=1S/C15H15ClFNS/c16-14-6-1-2-7-15(14)19-10-13(18)9-11-4-3-5-12(17)8-11/h1-8,13H,9-10,18H2. The van der Waals surface area contributed by atoms with Gasteiger partial charge < -0.3 is 5.73 Å². The average Bonchev–Trinajstić information content (AvgIpc) is 2.38. The Labute approximate surface area is 122 Å². The van der Waals surface area contributed by atoms with E-state index in [-0.39, 0.29) is 11.9 Å². The fourth-order valence-corrected chi connectivity index (χ4v) is 2.98. The Balaban J connectivity index is 1.88. The van der Waals surface area contributed by atoms with Gasteiger partial charge in [0.15, 0.2) is 0 Å². The van der Waals surface area contributed by atoms with Crippen molar-refractivity contribution in [2.24, 2.45) is 5.73 Å². The Morgan fingerprint density at radius 2 is 1.95 bits per heavy atom. The van der Waals surface area contributed by atoms with Gasteiger partial charge in [-0.05, 0) is 36.2 Å². The number of hydrogen-bond acceptors (Lipinski definition) is 2. The van der Waals surface area contributed by atoms with Gasteiger partial charge in [-0.2, -0.15) is 0 Å². The first-order valence-electron chi connectivity index (χ1n) is 6.02. The summed E-state index contributed by atoms with van der Waals surface area (Å²) in [5.74, 6) is 0.531. The number of thioether (sulfide) groups is 1. The minimum absolute atomic E-state index is 0.0249. The lowest BCUT2D eigenvalue weighted by Gasteiger charge is -2.12. The van der Waals surface area contributed by atoms with Crippen LogP contribution in [0.15, 0.2) is 53.4 Å². The molecule has 2 rings (SSSR count). The number of rotatable bonds is 5. The highest BCUT2D eigenvalue weighted by molar-refractivity contribution is 7.99. The van der Waals surface area contributed by atoms with E-state index in [0.29, 0.717) is 6.42 Å². The monoisotopic (exact) mass is 295 g/mol. The molecule has 0 saturated carbocycles. The van der Waals surface area contributed by atoms with Crippen LogP contribution in [0.3, 0.4) is 0 Å². The predicted molar refractivity (Wildman–Crippen MR) is 80.3 cm³/mol. The highest BCUT2D eigenvalue weighted by atomic mass is 35.5. The highest BCUT2D eigenvalue weighted by Gasteiger charge is 2.07. The molecule has 0 bridgehead atoms. The SMILES string of the molecule is NC(CSc1ccccc1Cl)Cc1cccc(F)c1. The first-order valence-corrected chi connectivity index (χ1v) is 7.39. The second-order valence-corrected chi connectivity index (χ2v) is 5.80. The van der Waals surface area contributed by atoms with Gasteiger partial charge in [0.1, 0.15) is 5.82 Å². The fourth-order valence-electron chi connectivity index (χ4n) is 1.78. The van der Waals surface area contributed by atoms with Crippen LogP contribution < -0.4 is 5.73 Å². The quantitative estimate of drug-likeness (QED) is 0.839. The molecule has 4 heteroatoms. The Bertz CT molecular complexity index is 547. The van der Waals surface area contributed by atoms with Crippen LogP contribution in [0.2, 0.25) is 5.02 Å². The molecule has 0 heterocycles. The van der Waals surface area contributed by atoms with E-state index in [9.17, 15) is 4.39 Å². The van der Waals surface area contributed by atoms with Crippen molar-refractivity contribution in [3.63, 3.8) is 0 Å².